The van der Waals surface area contributed by atoms with Crippen LogP contribution in [-0.4, -0.2) is 56.3 Å². The first-order valence-corrected chi connectivity index (χ1v) is 9.89. The van der Waals surface area contributed by atoms with Gasteiger partial charge in [0.1, 0.15) is 5.69 Å². The number of amides is 1. The number of nitrogens with zero attached hydrogens (tertiary/aromatic N) is 3. The summed E-state index contributed by atoms with van der Waals surface area (Å²) in [6.45, 7) is 4.56. The summed E-state index contributed by atoms with van der Waals surface area (Å²) in [6.07, 6.45) is 8.40. The molecule has 4 rings (SSSR count). The highest BCUT2D eigenvalue weighted by Gasteiger charge is 2.51. The smallest absolute Gasteiger partial charge is 0.272 e. The van der Waals surface area contributed by atoms with E-state index in [1.807, 2.05) is 17.9 Å². The molecular formula is C17H26N4OS. The van der Waals surface area contributed by atoms with E-state index in [2.05, 4.69) is 22.2 Å². The number of aryl methyl sites for hydroxylation is 1. The molecule has 126 valence electrons. The van der Waals surface area contributed by atoms with Crippen LogP contribution in [0.4, 0.5) is 0 Å². The standard InChI is InChI=1S/C17H26N4OS/c1-2-21-15(7-8-18-21)16(22)20-11-17(12-20)9-14(10-23-17)19-13-5-3-4-6-13/h7-8,13-14,19H,2-6,9-12H2,1H3. The average Bonchev–Trinajstić information content (AvgIpc) is 3.25. The fraction of sp³-hybridized carbons (Fsp3) is 0.765. The van der Waals surface area contributed by atoms with E-state index in [9.17, 15) is 4.79 Å². The first-order valence-electron chi connectivity index (χ1n) is 8.90. The Morgan fingerprint density at radius 3 is 2.91 bits per heavy atom. The lowest BCUT2D eigenvalue weighted by molar-refractivity contribution is 0.0538. The van der Waals surface area contributed by atoms with Crippen molar-refractivity contribution in [1.29, 1.82) is 0 Å². The summed E-state index contributed by atoms with van der Waals surface area (Å²) in [4.78, 5) is 14.6. The van der Waals surface area contributed by atoms with Gasteiger partial charge in [-0.1, -0.05) is 12.8 Å². The molecule has 1 aliphatic carbocycles. The summed E-state index contributed by atoms with van der Waals surface area (Å²) < 4.78 is 2.10. The lowest BCUT2D eigenvalue weighted by Crippen LogP contribution is -2.61. The van der Waals surface area contributed by atoms with E-state index in [-0.39, 0.29) is 5.91 Å². The summed E-state index contributed by atoms with van der Waals surface area (Å²) in [5.74, 6) is 1.34. The second kappa shape index (κ2) is 6.13. The second-order valence-corrected chi connectivity index (χ2v) is 8.72. The van der Waals surface area contributed by atoms with Gasteiger partial charge in [0.05, 0.1) is 4.75 Å². The van der Waals surface area contributed by atoms with Crippen molar-refractivity contribution >= 4 is 17.7 Å². The third-order valence-electron chi connectivity index (χ3n) is 5.52. The third kappa shape index (κ3) is 2.91. The minimum Gasteiger partial charge on any atom is -0.334 e. The number of nitrogens with one attached hydrogen (secondary N) is 1. The molecule has 3 heterocycles. The van der Waals surface area contributed by atoms with E-state index in [1.165, 1.54) is 37.9 Å². The molecule has 6 heteroatoms. The molecule has 1 N–H and O–H groups in total. The topological polar surface area (TPSA) is 50.2 Å². The number of rotatable bonds is 4. The van der Waals surface area contributed by atoms with Crippen molar-refractivity contribution in [3.8, 4) is 0 Å². The minimum absolute atomic E-state index is 0.141. The maximum Gasteiger partial charge on any atom is 0.272 e. The van der Waals surface area contributed by atoms with Gasteiger partial charge in [0.25, 0.3) is 5.91 Å². The monoisotopic (exact) mass is 334 g/mol. The molecule has 1 aromatic heterocycles. The zero-order valence-corrected chi connectivity index (χ0v) is 14.6. The fourth-order valence-electron chi connectivity index (χ4n) is 4.32. The van der Waals surface area contributed by atoms with Gasteiger partial charge in [-0.05, 0) is 32.3 Å². The Kier molecular flexibility index (Phi) is 4.13. The summed E-state index contributed by atoms with van der Waals surface area (Å²) >= 11 is 2.07. The molecule has 2 saturated heterocycles. The summed E-state index contributed by atoms with van der Waals surface area (Å²) in [5.41, 5.74) is 0.728. The Labute approximate surface area is 142 Å². The Hall–Kier alpha value is -1.01. The molecule has 0 bridgehead atoms. The fourth-order valence-corrected chi connectivity index (χ4v) is 5.90. The lowest BCUT2D eigenvalue weighted by atomic mass is 9.91. The maximum atomic E-state index is 12.6. The van der Waals surface area contributed by atoms with E-state index >= 15 is 0 Å². The number of carbonyl (C=O) groups excluding carboxylic acids is 1. The first kappa shape index (κ1) is 15.5. The molecule has 1 amide bonds. The van der Waals surface area contributed by atoms with E-state index in [0.717, 1.165) is 31.4 Å². The molecule has 1 aromatic rings. The molecule has 3 fully saturated rings. The van der Waals surface area contributed by atoms with Crippen LogP contribution in [0.2, 0.25) is 0 Å². The normalized spacial score (nSPS) is 26.8. The van der Waals surface area contributed by atoms with Crippen LogP contribution in [0.1, 0.15) is 49.5 Å². The van der Waals surface area contributed by atoms with Gasteiger partial charge in [-0.15, -0.1) is 11.8 Å². The van der Waals surface area contributed by atoms with Crippen LogP contribution >= 0.6 is 11.8 Å². The molecule has 0 radical (unpaired) electrons. The third-order valence-corrected chi connectivity index (χ3v) is 7.12. The van der Waals surface area contributed by atoms with Gasteiger partial charge in [-0.3, -0.25) is 9.48 Å². The lowest BCUT2D eigenvalue weighted by Gasteiger charge is -2.47. The van der Waals surface area contributed by atoms with Crippen molar-refractivity contribution < 1.29 is 4.79 Å². The largest absolute Gasteiger partial charge is 0.334 e. The molecule has 0 aromatic carbocycles. The number of hydrogen-bond donors (Lipinski definition) is 1. The van der Waals surface area contributed by atoms with Gasteiger partial charge in [0.2, 0.25) is 0 Å². The molecule has 1 saturated carbocycles. The van der Waals surface area contributed by atoms with Gasteiger partial charge < -0.3 is 10.2 Å². The van der Waals surface area contributed by atoms with Crippen LogP contribution in [-0.2, 0) is 6.54 Å². The summed E-state index contributed by atoms with van der Waals surface area (Å²) in [7, 11) is 0. The molecule has 2 aliphatic heterocycles. The predicted molar refractivity (Wildman–Crippen MR) is 92.8 cm³/mol. The maximum absolute atomic E-state index is 12.6. The zero-order valence-electron chi connectivity index (χ0n) is 13.8. The SMILES string of the molecule is CCn1nccc1C(=O)N1CC2(CC(NC3CCCC3)CS2)C1. The van der Waals surface area contributed by atoms with Crippen molar-refractivity contribution in [2.75, 3.05) is 18.8 Å². The van der Waals surface area contributed by atoms with Gasteiger partial charge in [0, 0.05) is 43.7 Å². The van der Waals surface area contributed by atoms with Crippen molar-refractivity contribution in [3.05, 3.63) is 18.0 Å². The van der Waals surface area contributed by atoms with Crippen molar-refractivity contribution in [2.24, 2.45) is 0 Å². The predicted octanol–water partition coefficient (Wildman–Crippen LogP) is 2.14. The van der Waals surface area contributed by atoms with E-state index < -0.39 is 0 Å². The van der Waals surface area contributed by atoms with E-state index in [0.29, 0.717) is 10.8 Å². The van der Waals surface area contributed by atoms with E-state index in [1.54, 1.807) is 10.9 Å². The number of carbonyl (C=O) groups is 1. The van der Waals surface area contributed by atoms with Crippen LogP contribution in [0.5, 0.6) is 0 Å². The molecule has 1 atom stereocenters. The Morgan fingerprint density at radius 1 is 1.39 bits per heavy atom. The van der Waals surface area contributed by atoms with Gasteiger partial charge >= 0.3 is 0 Å². The van der Waals surface area contributed by atoms with Crippen LogP contribution in [0.15, 0.2) is 12.3 Å². The van der Waals surface area contributed by atoms with Crippen LogP contribution in [0.3, 0.4) is 0 Å². The number of aromatic nitrogens is 2. The van der Waals surface area contributed by atoms with Crippen molar-refractivity contribution in [1.82, 2.24) is 20.0 Å². The van der Waals surface area contributed by atoms with Gasteiger partial charge in [-0.25, -0.2) is 0 Å². The number of likely N-dealkylation sites (tertiary alicyclic amines) is 1. The minimum atomic E-state index is 0.141. The molecule has 23 heavy (non-hydrogen) atoms. The van der Waals surface area contributed by atoms with Crippen LogP contribution in [0, 0.1) is 0 Å². The van der Waals surface area contributed by atoms with Crippen molar-refractivity contribution in [2.45, 2.75) is 62.4 Å². The van der Waals surface area contributed by atoms with E-state index in [4.69, 9.17) is 0 Å². The summed E-state index contributed by atoms with van der Waals surface area (Å²) in [6, 6.07) is 3.22. The summed E-state index contributed by atoms with van der Waals surface area (Å²) in [5, 5.41) is 8.06. The van der Waals surface area contributed by atoms with Gasteiger partial charge in [-0.2, -0.15) is 5.10 Å². The molecule has 1 unspecified atom stereocenters. The highest BCUT2D eigenvalue weighted by Crippen LogP contribution is 2.45. The molecule has 3 aliphatic rings. The Balaban J connectivity index is 1.31. The average molecular weight is 334 g/mol. The molecular weight excluding hydrogens is 308 g/mol. The zero-order chi connectivity index (χ0) is 15.9. The van der Waals surface area contributed by atoms with Crippen LogP contribution in [0.25, 0.3) is 0 Å². The first-order chi connectivity index (χ1) is 11.2. The molecule has 5 nitrogen and oxygen atoms in total. The number of hydrogen-bond acceptors (Lipinski definition) is 4. The number of thioether (sulfide) groups is 1. The highest BCUT2D eigenvalue weighted by molar-refractivity contribution is 8.01. The Morgan fingerprint density at radius 2 is 2.17 bits per heavy atom. The second-order valence-electron chi connectivity index (χ2n) is 7.24. The van der Waals surface area contributed by atoms with Crippen molar-refractivity contribution in [3.63, 3.8) is 0 Å². The van der Waals surface area contributed by atoms with Crippen LogP contribution < -0.4 is 5.32 Å². The highest BCUT2D eigenvalue weighted by atomic mass is 32.2. The Bertz CT molecular complexity index is 575. The molecule has 1 spiro atoms. The van der Waals surface area contributed by atoms with Gasteiger partial charge in [0.15, 0.2) is 0 Å². The quantitative estimate of drug-likeness (QED) is 0.916.